The molecule has 0 bridgehead atoms. The first-order valence-corrected chi connectivity index (χ1v) is 5.50. The average molecular weight is 237 g/mol. The highest BCUT2D eigenvalue weighted by atomic mass is 16.3. The standard InChI is InChI=1S/C11H15N3O3/c1-7(9-3-2-4-17-9)14-11(16)8-5-13-10(15)6-12-8/h2-4,7-8,12H,5-6H2,1H3,(H,13,15)(H,14,16). The van der Waals surface area contributed by atoms with Gasteiger partial charge in [-0.05, 0) is 19.1 Å². The molecule has 0 aromatic carbocycles. The van der Waals surface area contributed by atoms with E-state index in [1.807, 2.05) is 6.92 Å². The van der Waals surface area contributed by atoms with Gasteiger partial charge in [-0.25, -0.2) is 0 Å². The van der Waals surface area contributed by atoms with Gasteiger partial charge >= 0.3 is 0 Å². The molecule has 1 fully saturated rings. The van der Waals surface area contributed by atoms with E-state index in [0.29, 0.717) is 12.3 Å². The van der Waals surface area contributed by atoms with Gasteiger partial charge < -0.3 is 15.1 Å². The Hall–Kier alpha value is -1.82. The maximum absolute atomic E-state index is 11.8. The van der Waals surface area contributed by atoms with E-state index in [2.05, 4.69) is 16.0 Å². The summed E-state index contributed by atoms with van der Waals surface area (Å²) >= 11 is 0. The average Bonchev–Trinajstić information content (AvgIpc) is 2.83. The summed E-state index contributed by atoms with van der Waals surface area (Å²) in [5.41, 5.74) is 0. The molecule has 1 aliphatic heterocycles. The Morgan fingerprint density at radius 1 is 1.65 bits per heavy atom. The zero-order valence-electron chi connectivity index (χ0n) is 9.53. The van der Waals surface area contributed by atoms with E-state index in [0.717, 1.165) is 0 Å². The quantitative estimate of drug-likeness (QED) is 0.664. The number of hydrogen-bond donors (Lipinski definition) is 3. The molecule has 0 saturated carbocycles. The topological polar surface area (TPSA) is 83.4 Å². The van der Waals surface area contributed by atoms with Crippen molar-refractivity contribution in [1.29, 1.82) is 0 Å². The van der Waals surface area contributed by atoms with Gasteiger partial charge in [0, 0.05) is 6.54 Å². The second kappa shape index (κ2) is 5.01. The Kier molecular flexibility index (Phi) is 3.43. The summed E-state index contributed by atoms with van der Waals surface area (Å²) in [7, 11) is 0. The molecule has 17 heavy (non-hydrogen) atoms. The Bertz CT molecular complexity index is 392. The zero-order chi connectivity index (χ0) is 12.3. The van der Waals surface area contributed by atoms with Crippen molar-refractivity contribution in [2.24, 2.45) is 0 Å². The monoisotopic (exact) mass is 237 g/mol. The first-order chi connectivity index (χ1) is 8.16. The van der Waals surface area contributed by atoms with E-state index in [-0.39, 0.29) is 30.4 Å². The second-order valence-electron chi connectivity index (χ2n) is 3.98. The number of furan rings is 1. The number of carbonyl (C=O) groups excluding carboxylic acids is 2. The van der Waals surface area contributed by atoms with Crippen LogP contribution in [0.3, 0.4) is 0 Å². The van der Waals surface area contributed by atoms with Crippen LogP contribution in [0.15, 0.2) is 22.8 Å². The van der Waals surface area contributed by atoms with E-state index in [1.54, 1.807) is 18.4 Å². The minimum Gasteiger partial charge on any atom is -0.467 e. The number of hydrogen-bond acceptors (Lipinski definition) is 4. The lowest BCUT2D eigenvalue weighted by atomic mass is 10.2. The molecule has 6 nitrogen and oxygen atoms in total. The number of amides is 2. The highest BCUT2D eigenvalue weighted by Gasteiger charge is 2.25. The molecule has 2 amide bonds. The van der Waals surface area contributed by atoms with Crippen LogP contribution in [0.1, 0.15) is 18.7 Å². The van der Waals surface area contributed by atoms with Crippen LogP contribution in [0, 0.1) is 0 Å². The van der Waals surface area contributed by atoms with Crippen molar-refractivity contribution in [1.82, 2.24) is 16.0 Å². The maximum atomic E-state index is 11.8. The third-order valence-corrected chi connectivity index (χ3v) is 2.66. The van der Waals surface area contributed by atoms with Crippen LogP contribution < -0.4 is 16.0 Å². The molecule has 2 unspecified atom stereocenters. The van der Waals surface area contributed by atoms with E-state index < -0.39 is 0 Å². The highest BCUT2D eigenvalue weighted by Crippen LogP contribution is 2.12. The predicted molar refractivity (Wildman–Crippen MR) is 60.1 cm³/mol. The fourth-order valence-electron chi connectivity index (χ4n) is 1.67. The van der Waals surface area contributed by atoms with Gasteiger partial charge in [-0.15, -0.1) is 0 Å². The molecule has 3 N–H and O–H groups in total. The van der Waals surface area contributed by atoms with Gasteiger partial charge in [-0.3, -0.25) is 14.9 Å². The van der Waals surface area contributed by atoms with Crippen LogP contribution in [0.5, 0.6) is 0 Å². The van der Waals surface area contributed by atoms with Crippen molar-refractivity contribution in [3.8, 4) is 0 Å². The summed E-state index contributed by atoms with van der Waals surface area (Å²) in [6.45, 7) is 2.33. The van der Waals surface area contributed by atoms with Gasteiger partial charge in [-0.1, -0.05) is 0 Å². The van der Waals surface area contributed by atoms with Gasteiger partial charge in [0.25, 0.3) is 0 Å². The van der Waals surface area contributed by atoms with Crippen LogP contribution in [0.4, 0.5) is 0 Å². The minimum absolute atomic E-state index is 0.0897. The SMILES string of the molecule is CC(NC(=O)C1CNC(=O)CN1)c1ccco1. The smallest absolute Gasteiger partial charge is 0.239 e. The molecular weight excluding hydrogens is 222 g/mol. The second-order valence-corrected chi connectivity index (χ2v) is 3.98. The summed E-state index contributed by atoms with van der Waals surface area (Å²) in [6.07, 6.45) is 1.57. The van der Waals surface area contributed by atoms with Crippen molar-refractivity contribution in [2.45, 2.75) is 19.0 Å². The van der Waals surface area contributed by atoms with Gasteiger partial charge in [0.05, 0.1) is 18.8 Å². The third-order valence-electron chi connectivity index (χ3n) is 2.66. The molecule has 2 rings (SSSR count). The van der Waals surface area contributed by atoms with E-state index in [1.165, 1.54) is 0 Å². The van der Waals surface area contributed by atoms with Crippen LogP contribution in [0.25, 0.3) is 0 Å². The van der Waals surface area contributed by atoms with Crippen molar-refractivity contribution < 1.29 is 14.0 Å². The van der Waals surface area contributed by atoms with Crippen LogP contribution in [-0.2, 0) is 9.59 Å². The number of rotatable bonds is 3. The van der Waals surface area contributed by atoms with E-state index in [9.17, 15) is 9.59 Å². The Balaban J connectivity index is 1.86. The lowest BCUT2D eigenvalue weighted by molar-refractivity contribution is -0.127. The zero-order valence-corrected chi connectivity index (χ0v) is 9.53. The molecular formula is C11H15N3O3. The predicted octanol–water partition coefficient (Wildman–Crippen LogP) is -0.455. The fraction of sp³-hybridized carbons (Fsp3) is 0.455. The molecule has 1 aromatic rings. The van der Waals surface area contributed by atoms with Gasteiger partial charge in [0.1, 0.15) is 11.8 Å². The van der Waals surface area contributed by atoms with Crippen molar-refractivity contribution in [3.05, 3.63) is 24.2 Å². The first kappa shape index (κ1) is 11.7. The number of nitrogens with one attached hydrogen (secondary N) is 3. The van der Waals surface area contributed by atoms with Gasteiger partial charge in [-0.2, -0.15) is 0 Å². The minimum atomic E-state index is -0.384. The third kappa shape index (κ3) is 2.85. The van der Waals surface area contributed by atoms with E-state index in [4.69, 9.17) is 4.42 Å². The molecule has 0 spiro atoms. The molecule has 1 aliphatic rings. The normalized spacial score (nSPS) is 21.7. The lowest BCUT2D eigenvalue weighted by Crippen LogP contribution is -2.58. The molecule has 92 valence electrons. The van der Waals surface area contributed by atoms with E-state index >= 15 is 0 Å². The highest BCUT2D eigenvalue weighted by molar-refractivity contribution is 5.86. The Morgan fingerprint density at radius 2 is 2.47 bits per heavy atom. The summed E-state index contributed by atoms with van der Waals surface area (Å²) in [5.74, 6) is 0.472. The molecule has 2 heterocycles. The number of carbonyl (C=O) groups is 2. The molecule has 1 saturated heterocycles. The Labute approximate surface area is 98.7 Å². The summed E-state index contributed by atoms with van der Waals surface area (Å²) < 4.78 is 5.20. The Morgan fingerprint density at radius 3 is 3.06 bits per heavy atom. The molecule has 0 radical (unpaired) electrons. The van der Waals surface area contributed by atoms with Gasteiger partial charge in [0.15, 0.2) is 0 Å². The summed E-state index contributed by atoms with van der Waals surface area (Å²) in [5, 5.41) is 8.32. The molecule has 2 atom stereocenters. The van der Waals surface area contributed by atoms with Crippen LogP contribution in [-0.4, -0.2) is 30.9 Å². The first-order valence-electron chi connectivity index (χ1n) is 5.50. The summed E-state index contributed by atoms with van der Waals surface area (Å²) in [4.78, 5) is 22.8. The van der Waals surface area contributed by atoms with Crippen molar-refractivity contribution >= 4 is 11.8 Å². The number of piperazine rings is 1. The van der Waals surface area contributed by atoms with Crippen molar-refractivity contribution in [2.75, 3.05) is 13.1 Å². The lowest BCUT2D eigenvalue weighted by Gasteiger charge is -2.24. The van der Waals surface area contributed by atoms with Gasteiger partial charge in [0.2, 0.25) is 11.8 Å². The largest absolute Gasteiger partial charge is 0.467 e. The molecule has 6 heteroatoms. The van der Waals surface area contributed by atoms with Crippen molar-refractivity contribution in [3.63, 3.8) is 0 Å². The molecule has 1 aromatic heterocycles. The van der Waals surface area contributed by atoms with Crippen LogP contribution >= 0.6 is 0 Å². The summed E-state index contributed by atoms with van der Waals surface area (Å²) in [6, 6.07) is 3.01. The fourth-order valence-corrected chi connectivity index (χ4v) is 1.67. The molecule has 0 aliphatic carbocycles. The maximum Gasteiger partial charge on any atom is 0.239 e. The van der Waals surface area contributed by atoms with Crippen LogP contribution in [0.2, 0.25) is 0 Å².